The fourth-order valence-electron chi connectivity index (χ4n) is 2.53. The van der Waals surface area contributed by atoms with Gasteiger partial charge in [-0.2, -0.15) is 0 Å². The number of aromatic nitrogens is 4. The van der Waals surface area contributed by atoms with Crippen LogP contribution in [0, 0.1) is 5.92 Å². The van der Waals surface area contributed by atoms with Crippen LogP contribution in [0.25, 0.3) is 11.2 Å². The molecule has 0 radical (unpaired) electrons. The predicted octanol–water partition coefficient (Wildman–Crippen LogP) is -1.83. The number of hydrogen-bond acceptors (Lipinski definition) is 7. The van der Waals surface area contributed by atoms with E-state index in [0.717, 1.165) is 4.57 Å². The number of carbonyl (C=O) groups is 1. The van der Waals surface area contributed by atoms with E-state index in [1.165, 1.54) is 0 Å². The lowest BCUT2D eigenvalue weighted by molar-refractivity contribution is -0.136. The molecule has 0 fully saturated rings. The maximum atomic E-state index is 12.6. The first-order valence-corrected chi connectivity index (χ1v) is 8.01. The number of aliphatic hydroxyl groups is 2. The second-order valence-corrected chi connectivity index (χ2v) is 6.03. The van der Waals surface area contributed by atoms with Gasteiger partial charge >= 0.3 is 11.7 Å². The molecule has 0 aliphatic carbocycles. The Morgan fingerprint density at radius 1 is 1.27 bits per heavy atom. The Balaban J connectivity index is 2.62. The molecular formula is C15H20N4O7. The van der Waals surface area contributed by atoms with E-state index in [1.807, 2.05) is 4.98 Å². The van der Waals surface area contributed by atoms with Crippen LogP contribution in [-0.2, 0) is 17.8 Å². The van der Waals surface area contributed by atoms with Gasteiger partial charge in [-0.25, -0.2) is 9.78 Å². The number of H-pyrrole nitrogens is 2. The largest absolute Gasteiger partial charge is 0.481 e. The van der Waals surface area contributed by atoms with Crippen LogP contribution < -0.4 is 16.8 Å². The maximum Gasteiger partial charge on any atom is 0.327 e. The van der Waals surface area contributed by atoms with E-state index in [4.69, 9.17) is 10.2 Å². The van der Waals surface area contributed by atoms with Gasteiger partial charge in [-0.1, -0.05) is 6.92 Å². The van der Waals surface area contributed by atoms with Crippen molar-refractivity contribution in [2.24, 2.45) is 5.92 Å². The second kappa shape index (κ2) is 8.06. The maximum absolute atomic E-state index is 12.6. The molecule has 0 bridgehead atoms. The van der Waals surface area contributed by atoms with Gasteiger partial charge in [0.15, 0.2) is 5.52 Å². The molecule has 2 aromatic heterocycles. The molecule has 0 amide bonds. The quantitative estimate of drug-likeness (QED) is 0.361. The molecule has 0 saturated carbocycles. The Labute approximate surface area is 146 Å². The van der Waals surface area contributed by atoms with Crippen molar-refractivity contribution in [1.82, 2.24) is 19.5 Å². The highest BCUT2D eigenvalue weighted by molar-refractivity contribution is 5.69. The Hall–Kier alpha value is -2.79. The molecule has 2 aromatic rings. The van der Waals surface area contributed by atoms with Crippen molar-refractivity contribution in [2.75, 3.05) is 6.61 Å². The van der Waals surface area contributed by atoms with Crippen molar-refractivity contribution in [3.8, 4) is 0 Å². The summed E-state index contributed by atoms with van der Waals surface area (Å²) in [5.74, 6) is -1.49. The van der Waals surface area contributed by atoms with Crippen LogP contribution in [-0.4, -0.2) is 53.5 Å². The van der Waals surface area contributed by atoms with Crippen LogP contribution in [0.15, 0.2) is 14.4 Å². The zero-order valence-electron chi connectivity index (χ0n) is 14.1. The van der Waals surface area contributed by atoms with E-state index in [-0.39, 0.29) is 48.8 Å². The molecule has 0 aliphatic heterocycles. The van der Waals surface area contributed by atoms with Crippen molar-refractivity contribution in [2.45, 2.75) is 38.8 Å². The van der Waals surface area contributed by atoms with Crippen LogP contribution >= 0.6 is 0 Å². The zero-order chi connectivity index (χ0) is 19.4. The molecule has 0 aliphatic rings. The van der Waals surface area contributed by atoms with Crippen LogP contribution in [0.1, 0.15) is 25.5 Å². The molecule has 0 spiro atoms. The minimum atomic E-state index is -1.13. The molecule has 142 valence electrons. The van der Waals surface area contributed by atoms with E-state index in [2.05, 4.69) is 9.97 Å². The van der Waals surface area contributed by atoms with Crippen LogP contribution in [0.3, 0.4) is 0 Å². The molecule has 2 rings (SSSR count). The number of nitrogens with zero attached hydrogens (tertiary/aromatic N) is 2. The minimum Gasteiger partial charge on any atom is -0.481 e. The number of nitrogens with one attached hydrogen (secondary N) is 2. The number of aryl methyl sites for hydroxylation is 1. The van der Waals surface area contributed by atoms with E-state index >= 15 is 0 Å². The normalized spacial score (nSPS) is 13.7. The number of fused-ring (bicyclic) bond motifs is 1. The van der Waals surface area contributed by atoms with Crippen molar-refractivity contribution in [3.05, 3.63) is 36.9 Å². The summed E-state index contributed by atoms with van der Waals surface area (Å²) in [6, 6.07) is 0. The van der Waals surface area contributed by atoms with E-state index in [0.29, 0.717) is 6.42 Å². The topological polar surface area (TPSA) is 178 Å². The third kappa shape index (κ3) is 4.24. The molecule has 0 saturated heterocycles. The number of carboxylic acids is 1. The van der Waals surface area contributed by atoms with Crippen LogP contribution in [0.4, 0.5) is 0 Å². The molecule has 5 N–H and O–H groups in total. The third-order valence-corrected chi connectivity index (χ3v) is 4.09. The smallest absolute Gasteiger partial charge is 0.327 e. The summed E-state index contributed by atoms with van der Waals surface area (Å²) in [6.07, 6.45) is -1.31. The molecule has 11 heteroatoms. The van der Waals surface area contributed by atoms with E-state index in [1.54, 1.807) is 6.92 Å². The second-order valence-electron chi connectivity index (χ2n) is 6.03. The van der Waals surface area contributed by atoms with Crippen LogP contribution in [0.2, 0.25) is 0 Å². The summed E-state index contributed by atoms with van der Waals surface area (Å²) in [4.78, 5) is 55.2. The molecule has 0 aromatic carbocycles. The summed E-state index contributed by atoms with van der Waals surface area (Å²) in [5, 5.41) is 28.0. The van der Waals surface area contributed by atoms with Crippen molar-refractivity contribution >= 4 is 17.1 Å². The highest BCUT2D eigenvalue weighted by Gasteiger charge is 2.20. The lowest BCUT2D eigenvalue weighted by atomic mass is 10.0. The van der Waals surface area contributed by atoms with Gasteiger partial charge in [-0.3, -0.25) is 28.9 Å². The van der Waals surface area contributed by atoms with Crippen LogP contribution in [0.5, 0.6) is 0 Å². The summed E-state index contributed by atoms with van der Waals surface area (Å²) >= 11 is 0. The number of rotatable bonds is 8. The molecule has 11 nitrogen and oxygen atoms in total. The van der Waals surface area contributed by atoms with Gasteiger partial charge in [0, 0.05) is 13.0 Å². The molecule has 26 heavy (non-hydrogen) atoms. The first kappa shape index (κ1) is 19.5. The molecule has 0 unspecified atom stereocenters. The van der Waals surface area contributed by atoms with Gasteiger partial charge in [-0.05, 0) is 12.3 Å². The van der Waals surface area contributed by atoms with Gasteiger partial charge in [-0.15, -0.1) is 0 Å². The molecule has 2 atom stereocenters. The van der Waals surface area contributed by atoms with Gasteiger partial charge in [0.1, 0.15) is 11.3 Å². The van der Waals surface area contributed by atoms with Gasteiger partial charge in [0.2, 0.25) is 0 Å². The zero-order valence-corrected chi connectivity index (χ0v) is 14.1. The van der Waals surface area contributed by atoms with Gasteiger partial charge in [0.05, 0.1) is 19.1 Å². The number of aliphatic carboxylic acids is 1. The lowest BCUT2D eigenvalue weighted by Gasteiger charge is -2.20. The Bertz CT molecular complexity index is 975. The van der Waals surface area contributed by atoms with E-state index in [9.17, 15) is 24.3 Å². The highest BCUT2D eigenvalue weighted by Crippen LogP contribution is 2.11. The highest BCUT2D eigenvalue weighted by atomic mass is 16.4. The van der Waals surface area contributed by atoms with Crippen molar-refractivity contribution in [1.29, 1.82) is 0 Å². The van der Waals surface area contributed by atoms with E-state index < -0.39 is 28.9 Å². The minimum absolute atomic E-state index is 0.148. The fourth-order valence-corrected chi connectivity index (χ4v) is 2.53. The van der Waals surface area contributed by atoms with Crippen molar-refractivity contribution < 1.29 is 20.1 Å². The molecule has 2 heterocycles. The van der Waals surface area contributed by atoms with Gasteiger partial charge < -0.3 is 15.3 Å². The van der Waals surface area contributed by atoms with Gasteiger partial charge in [0.25, 0.3) is 11.1 Å². The Morgan fingerprint density at radius 3 is 2.58 bits per heavy atom. The first-order chi connectivity index (χ1) is 12.2. The fraction of sp³-hybridized carbons (Fsp3) is 0.533. The number of hydrogen-bond donors (Lipinski definition) is 5. The number of aliphatic hydroxyl groups excluding tert-OH is 2. The lowest BCUT2D eigenvalue weighted by Crippen LogP contribution is -2.36. The van der Waals surface area contributed by atoms with Crippen molar-refractivity contribution in [3.63, 3.8) is 0 Å². The third-order valence-electron chi connectivity index (χ3n) is 4.09. The first-order valence-electron chi connectivity index (χ1n) is 8.01. The standard InChI is InChI=1S/C15H20N4O7/c1-7(4-5-20)9(21)6-19-12-11(13(24)18-15(26)17-12)16-8(14(19)25)2-3-10(22)23/h7,9,20-21H,2-6H2,1H3,(H,22,23)(H2,17,18,24,26)/t7-,9+/m1/s1. The number of aromatic amines is 2. The average Bonchev–Trinajstić information content (AvgIpc) is 2.56. The Morgan fingerprint density at radius 2 is 1.96 bits per heavy atom. The monoisotopic (exact) mass is 368 g/mol. The SMILES string of the molecule is C[C@H](CCO)[C@@H](O)Cn1c(=O)c(CCC(=O)O)nc2c(=O)[nH]c(=O)[nH]c21. The Kier molecular flexibility index (Phi) is 6.05. The average molecular weight is 368 g/mol. The number of carboxylic acid groups (broad SMARTS) is 1. The summed E-state index contributed by atoms with van der Waals surface area (Å²) in [7, 11) is 0. The predicted molar refractivity (Wildman–Crippen MR) is 90.1 cm³/mol. The summed E-state index contributed by atoms with van der Waals surface area (Å²) < 4.78 is 1.01. The summed E-state index contributed by atoms with van der Waals surface area (Å²) in [5.41, 5.74) is -2.90. The molecular weight excluding hydrogens is 348 g/mol. The summed E-state index contributed by atoms with van der Waals surface area (Å²) in [6.45, 7) is 1.28.